The van der Waals surface area contributed by atoms with Crippen molar-refractivity contribution in [2.24, 2.45) is 0 Å². The Kier molecular flexibility index (Phi) is 7.35. The first-order chi connectivity index (χ1) is 12.5. The number of hydrogen-bond acceptors (Lipinski definition) is 5. The minimum absolute atomic E-state index is 0.169. The van der Waals surface area contributed by atoms with E-state index < -0.39 is 5.91 Å². The number of ether oxygens (including phenoxy) is 2. The zero-order valence-corrected chi connectivity index (χ0v) is 15.8. The zero-order valence-electron chi connectivity index (χ0n) is 15.0. The van der Waals surface area contributed by atoms with Crippen molar-refractivity contribution in [3.8, 4) is 11.5 Å². The van der Waals surface area contributed by atoms with Crippen LogP contribution in [0, 0.1) is 13.8 Å². The first kappa shape index (κ1) is 19.7. The number of aryl methyl sites for hydroxylation is 2. The summed E-state index contributed by atoms with van der Waals surface area (Å²) in [6, 6.07) is 13.1. The summed E-state index contributed by atoms with van der Waals surface area (Å²) in [5, 5.41) is 0. The van der Waals surface area contributed by atoms with Crippen LogP contribution in [0.3, 0.4) is 0 Å². The smallest absolute Gasteiger partial charge is 0.276 e. The summed E-state index contributed by atoms with van der Waals surface area (Å²) in [6.45, 7) is 3.66. The van der Waals surface area contributed by atoms with Crippen molar-refractivity contribution in [3.63, 3.8) is 0 Å². The summed E-state index contributed by atoms with van der Waals surface area (Å²) in [6.07, 6.45) is 0. The van der Waals surface area contributed by atoms with Crippen molar-refractivity contribution >= 4 is 23.6 Å². The van der Waals surface area contributed by atoms with Crippen LogP contribution in [0.2, 0.25) is 0 Å². The molecule has 0 aliphatic carbocycles. The molecule has 2 aromatic rings. The highest BCUT2D eigenvalue weighted by Gasteiger charge is 2.09. The molecule has 0 heterocycles. The predicted octanol–water partition coefficient (Wildman–Crippen LogP) is 2.63. The molecular formula is C19H22N2O4S. The third kappa shape index (κ3) is 6.00. The van der Waals surface area contributed by atoms with Crippen molar-refractivity contribution in [2.45, 2.75) is 18.7 Å². The van der Waals surface area contributed by atoms with Gasteiger partial charge < -0.3 is 9.47 Å². The molecule has 0 spiro atoms. The van der Waals surface area contributed by atoms with Gasteiger partial charge in [0, 0.05) is 4.90 Å². The van der Waals surface area contributed by atoms with Crippen LogP contribution < -0.4 is 20.3 Å². The van der Waals surface area contributed by atoms with Gasteiger partial charge in [0.25, 0.3) is 5.91 Å². The number of carbonyl (C=O) groups excluding carboxylic acids is 2. The number of thioether (sulfide) groups is 1. The number of nitrogens with one attached hydrogen (secondary N) is 2. The lowest BCUT2D eigenvalue weighted by Gasteiger charge is -2.12. The molecule has 0 fully saturated rings. The molecule has 2 aromatic carbocycles. The zero-order chi connectivity index (χ0) is 18.9. The second-order valence-electron chi connectivity index (χ2n) is 5.57. The van der Waals surface area contributed by atoms with Crippen molar-refractivity contribution in [1.82, 2.24) is 10.9 Å². The van der Waals surface area contributed by atoms with Gasteiger partial charge in [-0.05, 0) is 49.2 Å². The van der Waals surface area contributed by atoms with Gasteiger partial charge in [-0.1, -0.05) is 18.2 Å². The van der Waals surface area contributed by atoms with Gasteiger partial charge in [-0.25, -0.2) is 0 Å². The molecule has 0 aliphatic heterocycles. The van der Waals surface area contributed by atoms with Gasteiger partial charge in [0.15, 0.2) is 6.61 Å². The first-order valence-electron chi connectivity index (χ1n) is 8.03. The van der Waals surface area contributed by atoms with Crippen LogP contribution in [0.15, 0.2) is 47.4 Å². The Bertz CT molecular complexity index is 742. The average Bonchev–Trinajstić information content (AvgIpc) is 2.64. The fourth-order valence-electron chi connectivity index (χ4n) is 2.20. The number of benzene rings is 2. The van der Waals surface area contributed by atoms with Crippen LogP contribution in [0.1, 0.15) is 11.1 Å². The maximum atomic E-state index is 11.8. The molecule has 7 heteroatoms. The Labute approximate surface area is 157 Å². The van der Waals surface area contributed by atoms with E-state index in [2.05, 4.69) is 10.9 Å². The van der Waals surface area contributed by atoms with Crippen molar-refractivity contribution in [2.75, 3.05) is 19.5 Å². The van der Waals surface area contributed by atoms with Gasteiger partial charge in [0.05, 0.1) is 12.9 Å². The Morgan fingerprint density at radius 2 is 1.58 bits per heavy atom. The third-order valence-electron chi connectivity index (χ3n) is 3.53. The van der Waals surface area contributed by atoms with Crippen molar-refractivity contribution < 1.29 is 19.1 Å². The lowest BCUT2D eigenvalue weighted by atomic mass is 10.1. The quantitative estimate of drug-likeness (QED) is 0.576. The predicted molar refractivity (Wildman–Crippen MR) is 101 cm³/mol. The first-order valence-corrected chi connectivity index (χ1v) is 9.01. The van der Waals surface area contributed by atoms with E-state index in [9.17, 15) is 9.59 Å². The molecule has 0 unspecified atom stereocenters. The van der Waals surface area contributed by atoms with Gasteiger partial charge in [-0.3, -0.25) is 20.4 Å². The minimum Gasteiger partial charge on any atom is -0.497 e. The highest BCUT2D eigenvalue weighted by atomic mass is 32.2. The Morgan fingerprint density at radius 3 is 2.19 bits per heavy atom. The van der Waals surface area contributed by atoms with Crippen LogP contribution in [-0.2, 0) is 9.59 Å². The van der Waals surface area contributed by atoms with E-state index in [1.807, 2.05) is 56.3 Å². The standard InChI is InChI=1S/C19H22N2O4S/c1-13-5-4-6-14(2)19(13)25-11-17(22)20-21-18(23)12-26-16-9-7-15(24-3)8-10-16/h4-10H,11-12H2,1-3H3,(H,20,22)(H,21,23). The Balaban J connectivity index is 1.70. The average molecular weight is 374 g/mol. The highest BCUT2D eigenvalue weighted by molar-refractivity contribution is 8.00. The van der Waals surface area contributed by atoms with E-state index in [1.54, 1.807) is 7.11 Å². The van der Waals surface area contributed by atoms with Crippen LogP contribution in [0.25, 0.3) is 0 Å². The molecule has 0 radical (unpaired) electrons. The number of rotatable bonds is 7. The van der Waals surface area contributed by atoms with Crippen LogP contribution in [0.5, 0.6) is 11.5 Å². The number of hydrazine groups is 1. The summed E-state index contributed by atoms with van der Waals surface area (Å²) >= 11 is 1.36. The summed E-state index contributed by atoms with van der Waals surface area (Å²) in [4.78, 5) is 24.6. The number of amides is 2. The van der Waals surface area contributed by atoms with Crippen molar-refractivity contribution in [1.29, 1.82) is 0 Å². The molecule has 26 heavy (non-hydrogen) atoms. The van der Waals surface area contributed by atoms with Gasteiger partial charge in [-0.15, -0.1) is 11.8 Å². The number of para-hydroxylation sites is 1. The molecule has 0 aliphatic rings. The van der Waals surface area contributed by atoms with E-state index in [-0.39, 0.29) is 18.3 Å². The van der Waals surface area contributed by atoms with E-state index in [1.165, 1.54) is 11.8 Å². The summed E-state index contributed by atoms with van der Waals surface area (Å²) in [7, 11) is 1.60. The summed E-state index contributed by atoms with van der Waals surface area (Å²) in [5.41, 5.74) is 6.64. The van der Waals surface area contributed by atoms with Gasteiger partial charge in [-0.2, -0.15) is 0 Å². The lowest BCUT2D eigenvalue weighted by Crippen LogP contribution is -2.44. The molecule has 0 atom stereocenters. The van der Waals surface area contributed by atoms with Crippen LogP contribution in [0.4, 0.5) is 0 Å². The molecular weight excluding hydrogens is 352 g/mol. The topological polar surface area (TPSA) is 76.7 Å². The number of hydrogen-bond donors (Lipinski definition) is 2. The summed E-state index contributed by atoms with van der Waals surface area (Å²) in [5.74, 6) is 0.908. The SMILES string of the molecule is COc1ccc(SCC(=O)NNC(=O)COc2c(C)cccc2C)cc1. The fourth-order valence-corrected chi connectivity index (χ4v) is 2.90. The maximum absolute atomic E-state index is 11.8. The molecule has 2 amide bonds. The molecule has 0 aromatic heterocycles. The van der Waals surface area contributed by atoms with Gasteiger partial charge in [0.1, 0.15) is 11.5 Å². The van der Waals surface area contributed by atoms with Crippen LogP contribution >= 0.6 is 11.8 Å². The minimum atomic E-state index is -0.421. The molecule has 2 rings (SSSR count). The molecule has 0 saturated heterocycles. The number of methoxy groups -OCH3 is 1. The van der Waals surface area contributed by atoms with Crippen molar-refractivity contribution in [3.05, 3.63) is 53.6 Å². The molecule has 0 saturated carbocycles. The molecule has 0 bridgehead atoms. The normalized spacial score (nSPS) is 10.1. The van der Waals surface area contributed by atoms with Gasteiger partial charge in [0.2, 0.25) is 5.91 Å². The third-order valence-corrected chi connectivity index (χ3v) is 4.54. The van der Waals surface area contributed by atoms with E-state index >= 15 is 0 Å². The molecule has 2 N–H and O–H groups in total. The summed E-state index contributed by atoms with van der Waals surface area (Å²) < 4.78 is 10.6. The second kappa shape index (κ2) is 9.72. The molecule has 138 valence electrons. The largest absolute Gasteiger partial charge is 0.497 e. The monoisotopic (exact) mass is 374 g/mol. The van der Waals surface area contributed by atoms with E-state index in [0.29, 0.717) is 5.75 Å². The Hall–Kier alpha value is -2.67. The Morgan fingerprint density at radius 1 is 0.962 bits per heavy atom. The lowest BCUT2D eigenvalue weighted by molar-refractivity contribution is -0.128. The fraction of sp³-hybridized carbons (Fsp3) is 0.263. The molecule has 6 nitrogen and oxygen atoms in total. The maximum Gasteiger partial charge on any atom is 0.276 e. The second-order valence-corrected chi connectivity index (χ2v) is 6.62. The van der Waals surface area contributed by atoms with E-state index in [4.69, 9.17) is 9.47 Å². The van der Waals surface area contributed by atoms with E-state index in [0.717, 1.165) is 21.8 Å². The van der Waals surface area contributed by atoms with Gasteiger partial charge >= 0.3 is 0 Å². The highest BCUT2D eigenvalue weighted by Crippen LogP contribution is 2.22. The van der Waals surface area contributed by atoms with Crippen LogP contribution in [-0.4, -0.2) is 31.3 Å². The number of carbonyl (C=O) groups is 2.